The highest BCUT2D eigenvalue weighted by molar-refractivity contribution is 7.07. The van der Waals surface area contributed by atoms with Gasteiger partial charge in [0.05, 0.1) is 36.1 Å². The van der Waals surface area contributed by atoms with E-state index in [0.29, 0.717) is 14.9 Å². The van der Waals surface area contributed by atoms with Crippen LogP contribution in [-0.2, 0) is 11.2 Å². The van der Waals surface area contributed by atoms with Gasteiger partial charge in [-0.2, -0.15) is 0 Å². The van der Waals surface area contributed by atoms with Gasteiger partial charge in [-0.05, 0) is 65.4 Å². The summed E-state index contributed by atoms with van der Waals surface area (Å²) in [6.45, 7) is 0. The number of thiazole rings is 1. The zero-order valence-electron chi connectivity index (χ0n) is 20.4. The highest BCUT2D eigenvalue weighted by Crippen LogP contribution is 2.41. The van der Waals surface area contributed by atoms with E-state index in [0.717, 1.165) is 46.6 Å². The molecule has 1 aliphatic carbocycles. The van der Waals surface area contributed by atoms with Gasteiger partial charge in [-0.1, -0.05) is 59.9 Å². The number of hydrogen-bond acceptors (Lipinski definition) is 6. The van der Waals surface area contributed by atoms with Crippen LogP contribution in [0.4, 0.5) is 0 Å². The van der Waals surface area contributed by atoms with Gasteiger partial charge < -0.3 is 9.47 Å². The van der Waals surface area contributed by atoms with Crippen molar-refractivity contribution in [2.75, 3.05) is 14.2 Å². The number of fused-ring (bicyclic) bond motifs is 3. The number of methoxy groups -OCH3 is 2. The molecule has 0 fully saturated rings. The average Bonchev–Trinajstić information content (AvgIpc) is 3.25. The molecule has 184 valence electrons. The van der Waals surface area contributed by atoms with Crippen molar-refractivity contribution in [3.8, 4) is 5.75 Å². The van der Waals surface area contributed by atoms with Crippen LogP contribution >= 0.6 is 11.3 Å². The molecule has 0 bridgehead atoms. The fraction of sp³-hybridized carbons (Fsp3) is 0.167. The molecule has 0 N–H and O–H groups in total. The first-order chi connectivity index (χ1) is 18.1. The molecule has 0 saturated carbocycles. The van der Waals surface area contributed by atoms with Crippen molar-refractivity contribution in [1.29, 1.82) is 0 Å². The molecular weight excluding hydrogens is 484 g/mol. The summed E-state index contributed by atoms with van der Waals surface area (Å²) in [7, 11) is 3.01. The Morgan fingerprint density at radius 2 is 1.84 bits per heavy atom. The van der Waals surface area contributed by atoms with Crippen LogP contribution in [0.3, 0.4) is 0 Å². The lowest BCUT2D eigenvalue weighted by Gasteiger charge is -2.31. The molecule has 0 radical (unpaired) electrons. The molecular formula is C30H24N2O4S. The number of carbonyl (C=O) groups is 1. The maximum atomic E-state index is 13.9. The third-order valence-electron chi connectivity index (χ3n) is 6.91. The van der Waals surface area contributed by atoms with Gasteiger partial charge in [0.2, 0.25) is 0 Å². The molecule has 0 saturated heterocycles. The first-order valence-corrected chi connectivity index (χ1v) is 12.8. The van der Waals surface area contributed by atoms with E-state index >= 15 is 0 Å². The third kappa shape index (κ3) is 4.01. The van der Waals surface area contributed by atoms with Crippen molar-refractivity contribution in [3.05, 3.63) is 126 Å². The van der Waals surface area contributed by atoms with E-state index < -0.39 is 5.97 Å². The van der Waals surface area contributed by atoms with E-state index in [1.807, 2.05) is 53.1 Å². The van der Waals surface area contributed by atoms with Gasteiger partial charge in [-0.3, -0.25) is 9.36 Å². The molecule has 1 aliphatic heterocycles. The Balaban J connectivity index is 1.55. The van der Waals surface area contributed by atoms with Crippen molar-refractivity contribution in [2.45, 2.75) is 18.9 Å². The van der Waals surface area contributed by atoms with Gasteiger partial charge in [0, 0.05) is 5.56 Å². The summed E-state index contributed by atoms with van der Waals surface area (Å²) in [6, 6.07) is 23.1. The van der Waals surface area contributed by atoms with Crippen LogP contribution in [0.5, 0.6) is 5.75 Å². The standard InChI is InChI=1S/C30H24N2O4S/c1-35-22-8-5-7-21(17-22)27-24-15-14-19-6-3-4-9-23(19)26(24)31-30-32(27)28(33)25(37-30)16-18-10-12-20(13-11-18)29(34)36-2/h3-13,16-17,27H,14-15H2,1-2H3/b25-16-/t27-/m1/s1. The fourth-order valence-electron chi connectivity index (χ4n) is 5.12. The van der Waals surface area contributed by atoms with Crippen molar-refractivity contribution < 1.29 is 14.3 Å². The van der Waals surface area contributed by atoms with Crippen LogP contribution in [0.15, 0.2) is 88.2 Å². The van der Waals surface area contributed by atoms with E-state index in [1.165, 1.54) is 24.0 Å². The summed E-state index contributed by atoms with van der Waals surface area (Å²) < 4.78 is 12.7. The largest absolute Gasteiger partial charge is 0.497 e. The summed E-state index contributed by atoms with van der Waals surface area (Å²) in [5.41, 5.74) is 6.72. The highest BCUT2D eigenvalue weighted by Gasteiger charge is 2.32. The summed E-state index contributed by atoms with van der Waals surface area (Å²) in [4.78, 5) is 31.4. The Morgan fingerprint density at radius 1 is 1.03 bits per heavy atom. The molecule has 0 unspecified atom stereocenters. The number of esters is 1. The summed E-state index contributed by atoms with van der Waals surface area (Å²) in [5, 5.41) is 0. The van der Waals surface area contributed by atoms with Gasteiger partial charge in [0.25, 0.3) is 5.56 Å². The molecule has 3 aromatic carbocycles. The Morgan fingerprint density at radius 3 is 2.62 bits per heavy atom. The molecule has 0 spiro atoms. The molecule has 4 aromatic rings. The first kappa shape index (κ1) is 23.2. The third-order valence-corrected chi connectivity index (χ3v) is 7.89. The summed E-state index contributed by atoms with van der Waals surface area (Å²) in [6.07, 6.45) is 3.59. The predicted octanol–water partition coefficient (Wildman–Crippen LogP) is 4.11. The topological polar surface area (TPSA) is 69.9 Å². The van der Waals surface area contributed by atoms with E-state index in [-0.39, 0.29) is 11.6 Å². The van der Waals surface area contributed by atoms with Crippen LogP contribution in [0.2, 0.25) is 0 Å². The first-order valence-electron chi connectivity index (χ1n) is 12.0. The molecule has 6 nitrogen and oxygen atoms in total. The summed E-state index contributed by atoms with van der Waals surface area (Å²) in [5.74, 6) is 0.357. The van der Waals surface area contributed by atoms with E-state index in [2.05, 4.69) is 18.2 Å². The lowest BCUT2D eigenvalue weighted by atomic mass is 9.83. The SMILES string of the molecule is COC(=O)c1ccc(/C=c2\sc3n(c2=O)[C@H](c2cccc(OC)c2)C2=C(N=3)c3ccccc3CC2)cc1. The van der Waals surface area contributed by atoms with Crippen LogP contribution < -0.4 is 19.6 Å². The number of hydrogen-bond donors (Lipinski definition) is 0. The number of rotatable bonds is 4. The van der Waals surface area contributed by atoms with Crippen LogP contribution in [-0.4, -0.2) is 24.8 Å². The van der Waals surface area contributed by atoms with Gasteiger partial charge in [0.1, 0.15) is 5.75 Å². The minimum absolute atomic E-state index is 0.0842. The van der Waals surface area contributed by atoms with Crippen LogP contribution in [0.1, 0.15) is 45.1 Å². The van der Waals surface area contributed by atoms with Crippen LogP contribution in [0.25, 0.3) is 11.8 Å². The second kappa shape index (κ2) is 9.33. The normalized spacial score (nSPS) is 16.4. The second-order valence-electron chi connectivity index (χ2n) is 9.00. The van der Waals surface area contributed by atoms with Crippen LogP contribution in [0, 0.1) is 0 Å². The smallest absolute Gasteiger partial charge is 0.337 e. The second-order valence-corrected chi connectivity index (χ2v) is 10.0. The number of aromatic nitrogens is 1. The predicted molar refractivity (Wildman–Crippen MR) is 144 cm³/mol. The molecule has 0 amide bonds. The van der Waals surface area contributed by atoms with Crippen molar-refractivity contribution >= 4 is 29.1 Å². The molecule has 37 heavy (non-hydrogen) atoms. The van der Waals surface area contributed by atoms with E-state index in [9.17, 15) is 9.59 Å². The minimum atomic E-state index is -0.393. The number of nitrogens with zero attached hydrogens (tertiary/aromatic N) is 2. The Hall–Kier alpha value is -4.23. The quantitative estimate of drug-likeness (QED) is 0.389. The fourth-order valence-corrected chi connectivity index (χ4v) is 6.12. The van der Waals surface area contributed by atoms with E-state index in [1.54, 1.807) is 19.2 Å². The van der Waals surface area contributed by atoms with Gasteiger partial charge in [-0.25, -0.2) is 9.79 Å². The monoisotopic (exact) mass is 508 g/mol. The van der Waals surface area contributed by atoms with Crippen molar-refractivity contribution in [1.82, 2.24) is 4.57 Å². The Labute approximate surface area is 217 Å². The molecule has 6 rings (SSSR count). The molecule has 1 aromatic heterocycles. The van der Waals surface area contributed by atoms with Gasteiger partial charge in [0.15, 0.2) is 4.80 Å². The molecule has 2 heterocycles. The zero-order chi connectivity index (χ0) is 25.5. The Bertz CT molecular complexity index is 1750. The Kier molecular flexibility index (Phi) is 5.85. The lowest BCUT2D eigenvalue weighted by molar-refractivity contribution is 0.0600. The highest BCUT2D eigenvalue weighted by atomic mass is 32.1. The lowest BCUT2D eigenvalue weighted by Crippen LogP contribution is -2.38. The number of allylic oxidation sites excluding steroid dienone is 1. The number of benzene rings is 3. The maximum Gasteiger partial charge on any atom is 0.337 e. The van der Waals surface area contributed by atoms with Crippen molar-refractivity contribution in [2.24, 2.45) is 4.99 Å². The molecule has 2 aliphatic rings. The molecule has 1 atom stereocenters. The average molecular weight is 509 g/mol. The van der Waals surface area contributed by atoms with Crippen molar-refractivity contribution in [3.63, 3.8) is 0 Å². The van der Waals surface area contributed by atoms with Gasteiger partial charge in [-0.15, -0.1) is 0 Å². The summed E-state index contributed by atoms with van der Waals surface area (Å²) >= 11 is 1.38. The number of ether oxygens (including phenoxy) is 2. The molecule has 7 heteroatoms. The minimum Gasteiger partial charge on any atom is -0.497 e. The number of carbonyl (C=O) groups excluding carboxylic acids is 1. The maximum absolute atomic E-state index is 13.9. The number of aryl methyl sites for hydroxylation is 1. The van der Waals surface area contributed by atoms with Gasteiger partial charge >= 0.3 is 5.97 Å². The van der Waals surface area contributed by atoms with E-state index in [4.69, 9.17) is 14.5 Å². The zero-order valence-corrected chi connectivity index (χ0v) is 21.2.